The molecular weight excluding hydrogens is 268 g/mol. The van der Waals surface area contributed by atoms with Gasteiger partial charge in [0, 0.05) is 6.42 Å². The predicted molar refractivity (Wildman–Crippen MR) is 92.9 cm³/mol. The van der Waals surface area contributed by atoms with E-state index in [2.05, 4.69) is 48.5 Å². The van der Waals surface area contributed by atoms with Crippen molar-refractivity contribution in [3.05, 3.63) is 82.9 Å². The molecule has 1 heteroatoms. The van der Waals surface area contributed by atoms with E-state index in [-0.39, 0.29) is 5.78 Å². The van der Waals surface area contributed by atoms with Gasteiger partial charge in [-0.25, -0.2) is 0 Å². The van der Waals surface area contributed by atoms with Gasteiger partial charge >= 0.3 is 0 Å². The van der Waals surface area contributed by atoms with Crippen LogP contribution in [-0.4, -0.2) is 5.78 Å². The van der Waals surface area contributed by atoms with E-state index in [0.29, 0.717) is 6.42 Å². The molecule has 0 aliphatic rings. The van der Waals surface area contributed by atoms with Crippen molar-refractivity contribution >= 4 is 5.78 Å². The first-order valence-electron chi connectivity index (χ1n) is 8.00. The Balaban J connectivity index is 2.16. The fourth-order valence-electron chi connectivity index (χ4n) is 2.65. The molecule has 0 saturated carbocycles. The maximum Gasteiger partial charge on any atom is 0.158 e. The van der Waals surface area contributed by atoms with Gasteiger partial charge in [-0.3, -0.25) is 4.79 Å². The van der Waals surface area contributed by atoms with E-state index in [1.807, 2.05) is 26.0 Å². The lowest BCUT2D eigenvalue weighted by atomic mass is 9.92. The van der Waals surface area contributed by atoms with Crippen LogP contribution >= 0.6 is 0 Å². The Morgan fingerprint density at radius 2 is 1.41 bits per heavy atom. The summed E-state index contributed by atoms with van der Waals surface area (Å²) >= 11 is 0. The SMILES string of the molecule is CCC(=O)/C(C)=C(/CCc1ccccc1)Cc1ccccc1. The number of ketones is 1. The second-order valence-corrected chi connectivity index (χ2v) is 5.65. The molecule has 2 rings (SSSR count). The summed E-state index contributed by atoms with van der Waals surface area (Å²) in [5, 5.41) is 0. The average Bonchev–Trinajstić information content (AvgIpc) is 2.59. The Morgan fingerprint density at radius 3 is 1.95 bits per heavy atom. The maximum atomic E-state index is 12.1. The Labute approximate surface area is 133 Å². The molecule has 0 atom stereocenters. The van der Waals surface area contributed by atoms with Crippen molar-refractivity contribution in [3.63, 3.8) is 0 Å². The van der Waals surface area contributed by atoms with Crippen LogP contribution in [0.2, 0.25) is 0 Å². The minimum absolute atomic E-state index is 0.263. The first kappa shape index (κ1) is 16.2. The number of carbonyl (C=O) groups is 1. The molecule has 0 aromatic heterocycles. The van der Waals surface area contributed by atoms with Crippen molar-refractivity contribution in [1.82, 2.24) is 0 Å². The number of rotatable bonds is 7. The summed E-state index contributed by atoms with van der Waals surface area (Å²) in [5.41, 5.74) is 4.81. The Morgan fingerprint density at radius 1 is 0.864 bits per heavy atom. The summed E-state index contributed by atoms with van der Waals surface area (Å²) in [7, 11) is 0. The Bertz CT molecular complexity index is 623. The summed E-state index contributed by atoms with van der Waals surface area (Å²) in [6, 6.07) is 20.9. The number of aryl methyl sites for hydroxylation is 1. The molecule has 0 fully saturated rings. The van der Waals surface area contributed by atoms with Crippen LogP contribution in [0.15, 0.2) is 71.8 Å². The minimum Gasteiger partial charge on any atom is -0.295 e. The molecule has 0 saturated heterocycles. The molecule has 2 aromatic rings. The number of hydrogen-bond donors (Lipinski definition) is 0. The molecule has 0 amide bonds. The second kappa shape index (κ2) is 8.33. The van der Waals surface area contributed by atoms with Gasteiger partial charge in [0.05, 0.1) is 0 Å². The van der Waals surface area contributed by atoms with Crippen LogP contribution in [0.5, 0.6) is 0 Å². The molecular formula is C21H24O. The lowest BCUT2D eigenvalue weighted by Gasteiger charge is -2.12. The van der Waals surface area contributed by atoms with Crippen molar-refractivity contribution in [2.45, 2.75) is 39.5 Å². The number of carbonyl (C=O) groups excluding carboxylic acids is 1. The van der Waals surface area contributed by atoms with Crippen molar-refractivity contribution in [1.29, 1.82) is 0 Å². The Hall–Kier alpha value is -2.15. The van der Waals surface area contributed by atoms with Gasteiger partial charge in [0.2, 0.25) is 0 Å². The topological polar surface area (TPSA) is 17.1 Å². The van der Waals surface area contributed by atoms with Gasteiger partial charge in [0.1, 0.15) is 0 Å². The lowest BCUT2D eigenvalue weighted by molar-refractivity contribution is -0.115. The van der Waals surface area contributed by atoms with Gasteiger partial charge in [0.25, 0.3) is 0 Å². The molecule has 2 aromatic carbocycles. The van der Waals surface area contributed by atoms with Crippen LogP contribution in [0.3, 0.4) is 0 Å². The van der Waals surface area contributed by atoms with E-state index in [1.165, 1.54) is 16.7 Å². The van der Waals surface area contributed by atoms with E-state index < -0.39 is 0 Å². The fourth-order valence-corrected chi connectivity index (χ4v) is 2.65. The summed E-state index contributed by atoms with van der Waals surface area (Å²) in [6.45, 7) is 3.91. The van der Waals surface area contributed by atoms with Crippen molar-refractivity contribution in [2.75, 3.05) is 0 Å². The lowest BCUT2D eigenvalue weighted by Crippen LogP contribution is -2.05. The summed E-state index contributed by atoms with van der Waals surface area (Å²) in [6.07, 6.45) is 3.37. The molecule has 0 heterocycles. The van der Waals surface area contributed by atoms with Gasteiger partial charge in [0.15, 0.2) is 5.78 Å². The zero-order valence-corrected chi connectivity index (χ0v) is 13.5. The van der Waals surface area contributed by atoms with Gasteiger partial charge < -0.3 is 0 Å². The Kier molecular flexibility index (Phi) is 6.14. The molecule has 0 bridgehead atoms. The second-order valence-electron chi connectivity index (χ2n) is 5.65. The van der Waals surface area contributed by atoms with Gasteiger partial charge in [-0.05, 0) is 42.9 Å². The zero-order chi connectivity index (χ0) is 15.8. The van der Waals surface area contributed by atoms with Crippen molar-refractivity contribution in [3.8, 4) is 0 Å². The largest absolute Gasteiger partial charge is 0.295 e. The highest BCUT2D eigenvalue weighted by molar-refractivity contribution is 5.95. The van der Waals surface area contributed by atoms with Gasteiger partial charge in [-0.2, -0.15) is 0 Å². The van der Waals surface area contributed by atoms with Crippen LogP contribution in [-0.2, 0) is 17.6 Å². The van der Waals surface area contributed by atoms with Crippen LogP contribution in [0.4, 0.5) is 0 Å². The van der Waals surface area contributed by atoms with Crippen LogP contribution < -0.4 is 0 Å². The first-order valence-corrected chi connectivity index (χ1v) is 8.00. The molecule has 0 aliphatic carbocycles. The normalized spacial score (nSPS) is 11.9. The number of Topliss-reactive ketones (excluding diaryl/α,β-unsaturated/α-hetero) is 1. The van der Waals surface area contributed by atoms with Crippen LogP contribution in [0, 0.1) is 0 Å². The molecule has 1 nitrogen and oxygen atoms in total. The molecule has 0 radical (unpaired) electrons. The van der Waals surface area contributed by atoms with Gasteiger partial charge in [-0.15, -0.1) is 0 Å². The first-order chi connectivity index (χ1) is 10.7. The quantitative estimate of drug-likeness (QED) is 0.644. The number of hydrogen-bond acceptors (Lipinski definition) is 1. The monoisotopic (exact) mass is 292 g/mol. The predicted octanol–water partition coefficient (Wildman–Crippen LogP) is 5.16. The standard InChI is InChI=1S/C21H24O/c1-3-21(22)17(2)20(16-19-12-8-5-9-13-19)15-14-18-10-6-4-7-11-18/h4-13H,3,14-16H2,1-2H3/b20-17-. The number of benzene rings is 2. The summed E-state index contributed by atoms with van der Waals surface area (Å²) < 4.78 is 0. The highest BCUT2D eigenvalue weighted by Gasteiger charge is 2.10. The third-order valence-electron chi connectivity index (χ3n) is 4.09. The van der Waals surface area contributed by atoms with Gasteiger partial charge in [-0.1, -0.05) is 73.2 Å². The molecule has 0 N–H and O–H groups in total. The molecule has 22 heavy (non-hydrogen) atoms. The van der Waals surface area contributed by atoms with E-state index in [4.69, 9.17) is 0 Å². The van der Waals surface area contributed by atoms with Crippen LogP contribution in [0.25, 0.3) is 0 Å². The van der Waals surface area contributed by atoms with E-state index in [1.54, 1.807) is 0 Å². The van der Waals surface area contributed by atoms with Crippen LogP contribution in [0.1, 0.15) is 37.8 Å². The third-order valence-corrected chi connectivity index (χ3v) is 4.09. The molecule has 114 valence electrons. The highest BCUT2D eigenvalue weighted by Crippen LogP contribution is 2.20. The summed E-state index contributed by atoms with van der Waals surface area (Å²) in [5.74, 6) is 0.263. The van der Waals surface area contributed by atoms with E-state index in [0.717, 1.165) is 24.8 Å². The molecule has 0 spiro atoms. The van der Waals surface area contributed by atoms with E-state index in [9.17, 15) is 4.79 Å². The smallest absolute Gasteiger partial charge is 0.158 e. The number of allylic oxidation sites excluding steroid dienone is 2. The highest BCUT2D eigenvalue weighted by atomic mass is 16.1. The summed E-state index contributed by atoms with van der Waals surface area (Å²) in [4.78, 5) is 12.1. The van der Waals surface area contributed by atoms with Crippen molar-refractivity contribution < 1.29 is 4.79 Å². The van der Waals surface area contributed by atoms with Crippen molar-refractivity contribution in [2.24, 2.45) is 0 Å². The molecule has 0 aliphatic heterocycles. The fraction of sp³-hybridized carbons (Fsp3) is 0.286. The third kappa shape index (κ3) is 4.70. The average molecular weight is 292 g/mol. The van der Waals surface area contributed by atoms with E-state index >= 15 is 0 Å². The zero-order valence-electron chi connectivity index (χ0n) is 13.5. The molecule has 0 unspecified atom stereocenters. The minimum atomic E-state index is 0.263. The maximum absolute atomic E-state index is 12.1.